The summed E-state index contributed by atoms with van der Waals surface area (Å²) in [4.78, 5) is 15.8. The summed E-state index contributed by atoms with van der Waals surface area (Å²) in [6, 6.07) is 28.5. The maximum absolute atomic E-state index is 13.3. The Balaban J connectivity index is 1.53. The van der Waals surface area contributed by atoms with Gasteiger partial charge >= 0.3 is 0 Å². The summed E-state index contributed by atoms with van der Waals surface area (Å²) in [5, 5.41) is 0. The molecule has 4 rings (SSSR count). The minimum Gasteiger partial charge on any atom is -0.493 e. The first-order valence-electron chi connectivity index (χ1n) is 11.9. The number of nitrogens with zero attached hydrogens (tertiary/aromatic N) is 1. The average molecular weight is 443 g/mol. The van der Waals surface area contributed by atoms with Crippen LogP contribution in [0.5, 0.6) is 5.75 Å². The number of likely N-dealkylation sites (tertiary alicyclic amines) is 1. The summed E-state index contributed by atoms with van der Waals surface area (Å²) in [6.07, 6.45) is 1.86. The van der Waals surface area contributed by atoms with E-state index in [1.54, 1.807) is 0 Å². The van der Waals surface area contributed by atoms with E-state index in [1.807, 2.05) is 78.9 Å². The van der Waals surface area contributed by atoms with E-state index in [9.17, 15) is 4.79 Å². The normalized spacial score (nSPS) is 18.8. The number of hydrogen-bond acceptors (Lipinski definition) is 3. The van der Waals surface area contributed by atoms with E-state index in [-0.39, 0.29) is 17.9 Å². The first-order chi connectivity index (χ1) is 16.0. The molecule has 0 aliphatic carbocycles. The summed E-state index contributed by atoms with van der Waals surface area (Å²) in [7, 11) is 0. The Labute approximate surface area is 197 Å². The first-order valence-corrected chi connectivity index (χ1v) is 11.9. The lowest BCUT2D eigenvalue weighted by molar-refractivity contribution is -0.124. The summed E-state index contributed by atoms with van der Waals surface area (Å²) in [6.45, 7) is 6.87. The minimum absolute atomic E-state index is 0.0945. The number of primary amides is 1. The van der Waals surface area contributed by atoms with E-state index in [1.165, 1.54) is 0 Å². The van der Waals surface area contributed by atoms with Gasteiger partial charge in [0.25, 0.3) is 0 Å². The topological polar surface area (TPSA) is 55.6 Å². The highest BCUT2D eigenvalue weighted by Gasteiger charge is 2.52. The molecule has 0 unspecified atom stereocenters. The highest BCUT2D eigenvalue weighted by atomic mass is 16.5. The van der Waals surface area contributed by atoms with Gasteiger partial charge in [0, 0.05) is 12.6 Å². The van der Waals surface area contributed by atoms with E-state index in [2.05, 4.69) is 24.8 Å². The number of rotatable bonds is 9. The van der Waals surface area contributed by atoms with E-state index in [0.717, 1.165) is 48.4 Å². The molecule has 1 aliphatic heterocycles. The molecular weight excluding hydrogens is 408 g/mol. The van der Waals surface area contributed by atoms with Gasteiger partial charge in [-0.05, 0) is 61.9 Å². The second-order valence-corrected chi connectivity index (χ2v) is 9.04. The first kappa shape index (κ1) is 23.1. The van der Waals surface area contributed by atoms with Crippen molar-refractivity contribution in [1.82, 2.24) is 4.90 Å². The number of carbonyl (C=O) groups is 1. The molecule has 3 aromatic rings. The fourth-order valence-electron chi connectivity index (χ4n) is 5.53. The number of ether oxygens (including phenoxy) is 1. The van der Waals surface area contributed by atoms with Crippen LogP contribution in [0, 0.1) is 12.8 Å². The number of amides is 1. The number of aryl methyl sites for hydroxylation is 1. The van der Waals surface area contributed by atoms with Crippen molar-refractivity contribution in [3.8, 4) is 5.75 Å². The van der Waals surface area contributed by atoms with Crippen LogP contribution in [0.4, 0.5) is 0 Å². The van der Waals surface area contributed by atoms with Crippen molar-refractivity contribution in [2.24, 2.45) is 11.7 Å². The van der Waals surface area contributed by atoms with E-state index in [0.29, 0.717) is 6.61 Å². The second-order valence-electron chi connectivity index (χ2n) is 9.04. The Morgan fingerprint density at radius 2 is 1.55 bits per heavy atom. The van der Waals surface area contributed by atoms with Gasteiger partial charge in [-0.25, -0.2) is 0 Å². The lowest BCUT2D eigenvalue weighted by atomic mass is 9.63. The molecular formula is C29H34N2O2. The summed E-state index contributed by atoms with van der Waals surface area (Å²) >= 11 is 0. The molecule has 0 saturated carbocycles. The number of carbonyl (C=O) groups excluding carboxylic acids is 1. The molecule has 2 N–H and O–H groups in total. The molecule has 0 radical (unpaired) electrons. The van der Waals surface area contributed by atoms with Crippen molar-refractivity contribution < 1.29 is 9.53 Å². The standard InChI is InChI=1S/C29H34N2O2/c1-22-12-9-10-17-27(22)33-21-11-19-31-20-18-26(23(31)2)29(28(30)32,24-13-5-3-6-14-24)25-15-7-4-8-16-25/h3-10,12-17,23,26H,11,18-21H2,1-2H3,(H2,30,32)/t23-,26+/m0/s1. The van der Waals surface area contributed by atoms with Crippen LogP contribution in [0.3, 0.4) is 0 Å². The zero-order valence-corrected chi connectivity index (χ0v) is 19.6. The van der Waals surface area contributed by atoms with Crippen molar-refractivity contribution >= 4 is 5.91 Å². The van der Waals surface area contributed by atoms with Crippen LogP contribution in [0.1, 0.15) is 36.5 Å². The molecule has 1 heterocycles. The van der Waals surface area contributed by atoms with Crippen molar-refractivity contribution in [1.29, 1.82) is 0 Å². The van der Waals surface area contributed by atoms with Gasteiger partial charge in [-0.1, -0.05) is 78.9 Å². The molecule has 0 bridgehead atoms. The molecule has 172 valence electrons. The van der Waals surface area contributed by atoms with Crippen LogP contribution in [0.25, 0.3) is 0 Å². The van der Waals surface area contributed by atoms with Gasteiger partial charge in [0.2, 0.25) is 5.91 Å². The summed E-state index contributed by atoms with van der Waals surface area (Å²) in [5.74, 6) is 0.768. The van der Waals surface area contributed by atoms with Crippen molar-refractivity contribution in [2.75, 3.05) is 19.7 Å². The molecule has 1 fully saturated rings. The van der Waals surface area contributed by atoms with Crippen molar-refractivity contribution in [3.05, 3.63) is 102 Å². The molecule has 1 amide bonds. The third-order valence-corrected chi connectivity index (χ3v) is 7.23. The number of hydrogen-bond donors (Lipinski definition) is 1. The molecule has 0 aromatic heterocycles. The SMILES string of the molecule is Cc1ccccc1OCCCN1CC[C@@H](C(C(N)=O)(c2ccccc2)c2ccccc2)[C@@H]1C. The molecule has 4 nitrogen and oxygen atoms in total. The van der Waals surface area contributed by atoms with E-state index in [4.69, 9.17) is 10.5 Å². The Bertz CT molecular complexity index is 1010. The van der Waals surface area contributed by atoms with Gasteiger partial charge in [-0.3, -0.25) is 4.79 Å². The van der Waals surface area contributed by atoms with E-state index < -0.39 is 5.41 Å². The van der Waals surface area contributed by atoms with Crippen LogP contribution in [-0.2, 0) is 10.2 Å². The van der Waals surface area contributed by atoms with Crippen molar-refractivity contribution in [2.45, 2.75) is 38.1 Å². The molecule has 3 aromatic carbocycles. The van der Waals surface area contributed by atoms with Gasteiger partial charge in [-0.15, -0.1) is 0 Å². The number of benzene rings is 3. The van der Waals surface area contributed by atoms with Crippen LogP contribution >= 0.6 is 0 Å². The molecule has 1 saturated heterocycles. The quantitative estimate of drug-likeness (QED) is 0.477. The largest absolute Gasteiger partial charge is 0.493 e. The van der Waals surface area contributed by atoms with Crippen LogP contribution in [0.2, 0.25) is 0 Å². The molecule has 0 spiro atoms. The monoisotopic (exact) mass is 442 g/mol. The Kier molecular flexibility index (Phi) is 7.14. The zero-order chi connectivity index (χ0) is 23.3. The average Bonchev–Trinajstić information content (AvgIpc) is 3.20. The van der Waals surface area contributed by atoms with Crippen LogP contribution in [-0.4, -0.2) is 36.5 Å². The predicted octanol–water partition coefficient (Wildman–Crippen LogP) is 4.95. The van der Waals surface area contributed by atoms with Gasteiger partial charge in [-0.2, -0.15) is 0 Å². The van der Waals surface area contributed by atoms with Crippen molar-refractivity contribution in [3.63, 3.8) is 0 Å². The fourth-order valence-corrected chi connectivity index (χ4v) is 5.53. The maximum Gasteiger partial charge on any atom is 0.232 e. The van der Waals surface area contributed by atoms with Gasteiger partial charge in [0.1, 0.15) is 11.2 Å². The lowest BCUT2D eigenvalue weighted by Crippen LogP contribution is -2.51. The maximum atomic E-state index is 13.3. The third kappa shape index (κ3) is 4.53. The Hall–Kier alpha value is -3.11. The minimum atomic E-state index is -0.853. The summed E-state index contributed by atoms with van der Waals surface area (Å²) < 4.78 is 6.00. The summed E-state index contributed by atoms with van der Waals surface area (Å²) in [5.41, 5.74) is 8.50. The Morgan fingerprint density at radius 3 is 2.12 bits per heavy atom. The van der Waals surface area contributed by atoms with E-state index >= 15 is 0 Å². The van der Waals surface area contributed by atoms with Gasteiger partial charge in [0.15, 0.2) is 0 Å². The van der Waals surface area contributed by atoms with Crippen LogP contribution in [0.15, 0.2) is 84.9 Å². The highest BCUT2D eigenvalue weighted by molar-refractivity contribution is 5.91. The number of para-hydroxylation sites is 1. The zero-order valence-electron chi connectivity index (χ0n) is 19.6. The number of nitrogens with two attached hydrogens (primary N) is 1. The molecule has 1 aliphatic rings. The predicted molar refractivity (Wildman–Crippen MR) is 133 cm³/mol. The third-order valence-electron chi connectivity index (χ3n) is 7.23. The second kappa shape index (κ2) is 10.2. The van der Waals surface area contributed by atoms with Gasteiger partial charge < -0.3 is 15.4 Å². The Morgan fingerprint density at radius 1 is 0.970 bits per heavy atom. The smallest absolute Gasteiger partial charge is 0.232 e. The highest BCUT2D eigenvalue weighted by Crippen LogP contribution is 2.46. The molecule has 2 atom stereocenters. The molecule has 33 heavy (non-hydrogen) atoms. The van der Waals surface area contributed by atoms with Crippen LogP contribution < -0.4 is 10.5 Å². The fraction of sp³-hybridized carbons (Fsp3) is 0.345. The van der Waals surface area contributed by atoms with Gasteiger partial charge in [0.05, 0.1) is 6.61 Å². The lowest BCUT2D eigenvalue weighted by Gasteiger charge is -2.40. The molecule has 4 heteroatoms.